The van der Waals surface area contributed by atoms with Gasteiger partial charge in [-0.15, -0.1) is 0 Å². The molecule has 7 nitrogen and oxygen atoms in total. The number of carbonyl (C=O) groups is 3. The summed E-state index contributed by atoms with van der Waals surface area (Å²) in [6.07, 6.45) is 0. The van der Waals surface area contributed by atoms with Crippen LogP contribution in [0, 0.1) is 5.92 Å². The van der Waals surface area contributed by atoms with Crippen LogP contribution in [0.3, 0.4) is 0 Å². The minimum atomic E-state index is -1.06. The highest BCUT2D eigenvalue weighted by Crippen LogP contribution is 2.04. The van der Waals surface area contributed by atoms with Gasteiger partial charge in [0.25, 0.3) is 0 Å². The van der Waals surface area contributed by atoms with Gasteiger partial charge >= 0.3 is 12.0 Å². The van der Waals surface area contributed by atoms with Crippen LogP contribution in [0.2, 0.25) is 0 Å². The van der Waals surface area contributed by atoms with Crippen LogP contribution in [-0.2, 0) is 9.59 Å². The fraction of sp³-hybridized carbons (Fsp3) is 0.786. The molecule has 0 atom stereocenters. The summed E-state index contributed by atoms with van der Waals surface area (Å²) in [6, 6.07) is -0.438. The number of carbonyl (C=O) groups excluding carboxylic acids is 2. The van der Waals surface area contributed by atoms with E-state index in [1.165, 1.54) is 16.8 Å². The van der Waals surface area contributed by atoms with E-state index in [4.69, 9.17) is 5.11 Å². The van der Waals surface area contributed by atoms with Gasteiger partial charge in [0.05, 0.1) is 0 Å². The molecule has 0 aliphatic heterocycles. The first-order valence-electron chi connectivity index (χ1n) is 7.22. The zero-order chi connectivity index (χ0) is 16.6. The van der Waals surface area contributed by atoms with Gasteiger partial charge in [-0.25, -0.2) is 4.79 Å². The number of hydrogen-bond acceptors (Lipinski definition) is 3. The molecule has 0 saturated heterocycles. The van der Waals surface area contributed by atoms with Gasteiger partial charge in [0.15, 0.2) is 0 Å². The van der Waals surface area contributed by atoms with E-state index in [9.17, 15) is 14.4 Å². The Bertz CT molecular complexity index is 367. The third kappa shape index (κ3) is 6.97. The SMILES string of the molecule is CCN(CC)C(=O)CN(C)C(=O)N(CC(=O)O)CC(C)C. The molecule has 3 amide bonds. The molecule has 7 heteroatoms. The second-order valence-corrected chi connectivity index (χ2v) is 5.37. The monoisotopic (exact) mass is 301 g/mol. The molecular formula is C14H27N3O4. The minimum absolute atomic E-state index is 0.0469. The first kappa shape index (κ1) is 19.2. The molecular weight excluding hydrogens is 274 g/mol. The molecule has 21 heavy (non-hydrogen) atoms. The van der Waals surface area contributed by atoms with Gasteiger partial charge in [-0.1, -0.05) is 13.8 Å². The summed E-state index contributed by atoms with van der Waals surface area (Å²) in [5.74, 6) is -1.05. The third-order valence-electron chi connectivity index (χ3n) is 3.00. The van der Waals surface area contributed by atoms with Gasteiger partial charge in [0, 0.05) is 26.7 Å². The van der Waals surface area contributed by atoms with Crippen LogP contribution in [0.4, 0.5) is 4.79 Å². The Morgan fingerprint density at radius 3 is 1.90 bits per heavy atom. The lowest BCUT2D eigenvalue weighted by Gasteiger charge is -2.29. The standard InChI is InChI=1S/C14H27N3O4/c1-6-16(7-2)12(18)9-15(5)14(21)17(8-11(3)4)10-13(19)20/h11H,6-10H2,1-5H3,(H,19,20). The molecule has 0 saturated carbocycles. The average molecular weight is 301 g/mol. The average Bonchev–Trinajstić information content (AvgIpc) is 2.37. The highest BCUT2D eigenvalue weighted by atomic mass is 16.4. The second kappa shape index (κ2) is 9.20. The quantitative estimate of drug-likeness (QED) is 0.723. The fourth-order valence-corrected chi connectivity index (χ4v) is 2.00. The molecule has 0 aromatic heterocycles. The summed E-state index contributed by atoms with van der Waals surface area (Å²) in [5, 5.41) is 8.89. The van der Waals surface area contributed by atoms with Gasteiger partial charge in [0.1, 0.15) is 13.1 Å². The van der Waals surface area contributed by atoms with Crippen molar-refractivity contribution in [2.75, 3.05) is 39.8 Å². The van der Waals surface area contributed by atoms with Crippen molar-refractivity contribution in [3.05, 3.63) is 0 Å². The summed E-state index contributed by atoms with van der Waals surface area (Å²) < 4.78 is 0. The zero-order valence-electron chi connectivity index (χ0n) is 13.6. The zero-order valence-corrected chi connectivity index (χ0v) is 13.6. The van der Waals surface area contributed by atoms with E-state index in [1.54, 1.807) is 4.90 Å². The smallest absolute Gasteiger partial charge is 0.323 e. The van der Waals surface area contributed by atoms with Crippen molar-refractivity contribution in [1.29, 1.82) is 0 Å². The Kier molecular flexibility index (Phi) is 8.42. The summed E-state index contributed by atoms with van der Waals surface area (Å²) >= 11 is 0. The van der Waals surface area contributed by atoms with E-state index < -0.39 is 12.0 Å². The molecule has 1 N–H and O–H groups in total. The maximum Gasteiger partial charge on any atom is 0.323 e. The van der Waals surface area contributed by atoms with E-state index in [-0.39, 0.29) is 24.9 Å². The van der Waals surface area contributed by atoms with Crippen LogP contribution >= 0.6 is 0 Å². The van der Waals surface area contributed by atoms with Crippen molar-refractivity contribution < 1.29 is 19.5 Å². The lowest BCUT2D eigenvalue weighted by molar-refractivity contribution is -0.137. The fourth-order valence-electron chi connectivity index (χ4n) is 2.00. The molecule has 0 fully saturated rings. The van der Waals surface area contributed by atoms with Crippen LogP contribution in [0.5, 0.6) is 0 Å². The maximum absolute atomic E-state index is 12.3. The highest BCUT2D eigenvalue weighted by molar-refractivity contribution is 5.85. The molecule has 0 heterocycles. The number of amides is 3. The first-order valence-corrected chi connectivity index (χ1v) is 7.22. The molecule has 0 rings (SSSR count). The van der Waals surface area contributed by atoms with E-state index in [0.29, 0.717) is 19.6 Å². The van der Waals surface area contributed by atoms with Gasteiger partial charge in [-0.2, -0.15) is 0 Å². The van der Waals surface area contributed by atoms with Crippen molar-refractivity contribution in [2.45, 2.75) is 27.7 Å². The number of carboxylic acids is 1. The third-order valence-corrected chi connectivity index (χ3v) is 3.00. The first-order chi connectivity index (χ1) is 9.72. The number of nitrogens with zero attached hydrogens (tertiary/aromatic N) is 3. The summed E-state index contributed by atoms with van der Waals surface area (Å²) in [5.41, 5.74) is 0. The normalized spacial score (nSPS) is 10.4. The largest absolute Gasteiger partial charge is 0.480 e. The van der Waals surface area contributed by atoms with E-state index in [0.717, 1.165) is 0 Å². The molecule has 122 valence electrons. The molecule has 0 aromatic rings. The lowest BCUT2D eigenvalue weighted by Crippen LogP contribution is -2.48. The van der Waals surface area contributed by atoms with Crippen LogP contribution in [0.15, 0.2) is 0 Å². The van der Waals surface area contributed by atoms with Crippen LogP contribution in [-0.4, -0.2) is 77.5 Å². The van der Waals surface area contributed by atoms with Crippen molar-refractivity contribution in [2.24, 2.45) is 5.92 Å². The predicted octanol–water partition coefficient (Wildman–Crippen LogP) is 0.949. The Labute approximate surface area is 126 Å². The van der Waals surface area contributed by atoms with Gasteiger partial charge in [-0.05, 0) is 19.8 Å². The number of hydrogen-bond donors (Lipinski definition) is 1. The number of aliphatic carboxylic acids is 1. The Morgan fingerprint density at radius 2 is 1.52 bits per heavy atom. The Morgan fingerprint density at radius 1 is 1.00 bits per heavy atom. The van der Waals surface area contributed by atoms with E-state index in [1.807, 2.05) is 27.7 Å². The van der Waals surface area contributed by atoms with E-state index in [2.05, 4.69) is 0 Å². The number of rotatable bonds is 8. The summed E-state index contributed by atoms with van der Waals surface area (Å²) in [7, 11) is 1.51. The predicted molar refractivity (Wildman–Crippen MR) is 80.0 cm³/mol. The Balaban J connectivity index is 4.75. The second-order valence-electron chi connectivity index (χ2n) is 5.37. The molecule has 0 unspecified atom stereocenters. The molecule has 0 aromatic carbocycles. The molecule has 0 radical (unpaired) electrons. The van der Waals surface area contributed by atoms with Gasteiger partial charge < -0.3 is 19.8 Å². The highest BCUT2D eigenvalue weighted by Gasteiger charge is 2.23. The summed E-state index contributed by atoms with van der Waals surface area (Å²) in [6.45, 7) is 8.67. The Hall–Kier alpha value is -1.79. The van der Waals surface area contributed by atoms with Crippen molar-refractivity contribution in [1.82, 2.24) is 14.7 Å². The molecule has 0 aliphatic carbocycles. The lowest BCUT2D eigenvalue weighted by atomic mass is 10.2. The number of likely N-dealkylation sites (N-methyl/N-ethyl adjacent to an activating group) is 2. The molecule has 0 spiro atoms. The molecule has 0 bridgehead atoms. The maximum atomic E-state index is 12.3. The van der Waals surface area contributed by atoms with E-state index >= 15 is 0 Å². The van der Waals surface area contributed by atoms with Gasteiger partial charge in [0.2, 0.25) is 5.91 Å². The van der Waals surface area contributed by atoms with Crippen LogP contribution in [0.25, 0.3) is 0 Å². The van der Waals surface area contributed by atoms with Crippen molar-refractivity contribution in [3.63, 3.8) is 0 Å². The molecule has 0 aliphatic rings. The topological polar surface area (TPSA) is 81.2 Å². The van der Waals surface area contributed by atoms with Crippen molar-refractivity contribution >= 4 is 17.9 Å². The number of carboxylic acid groups (broad SMARTS) is 1. The minimum Gasteiger partial charge on any atom is -0.480 e. The van der Waals surface area contributed by atoms with Crippen LogP contribution in [0.1, 0.15) is 27.7 Å². The van der Waals surface area contributed by atoms with Gasteiger partial charge in [-0.3, -0.25) is 9.59 Å². The van der Waals surface area contributed by atoms with Crippen LogP contribution < -0.4 is 0 Å². The van der Waals surface area contributed by atoms with Crippen molar-refractivity contribution in [3.8, 4) is 0 Å². The number of urea groups is 1. The summed E-state index contributed by atoms with van der Waals surface area (Å²) in [4.78, 5) is 39.3.